The van der Waals surface area contributed by atoms with E-state index in [1.165, 1.54) is 11.8 Å². The van der Waals surface area contributed by atoms with Crippen LogP contribution in [-0.4, -0.2) is 102 Å². The number of sulfonamides is 1. The summed E-state index contributed by atoms with van der Waals surface area (Å²) in [4.78, 5) is 68.3. The Hall–Kier alpha value is -4.35. The lowest BCUT2D eigenvalue weighted by Crippen LogP contribution is -2.60. The van der Waals surface area contributed by atoms with Crippen LogP contribution in [0.3, 0.4) is 0 Å². The second-order valence-electron chi connectivity index (χ2n) is 18.0. The highest BCUT2D eigenvalue weighted by atomic mass is 32.2. The van der Waals surface area contributed by atoms with Gasteiger partial charge in [0.1, 0.15) is 41.3 Å². The number of rotatable bonds is 9. The molecule has 3 N–H and O–H groups in total. The van der Waals surface area contributed by atoms with E-state index in [0.717, 1.165) is 51.4 Å². The number of alkyl carbamates (subject to hydrolysis) is 1. The second-order valence-corrected chi connectivity index (χ2v) is 20.2. The van der Waals surface area contributed by atoms with Gasteiger partial charge in [-0.05, 0) is 95.1 Å². The Labute approximate surface area is 348 Å². The molecule has 2 aliphatic heterocycles. The van der Waals surface area contributed by atoms with Gasteiger partial charge in [-0.1, -0.05) is 39.0 Å². The summed E-state index contributed by atoms with van der Waals surface area (Å²) in [5.74, 6) is -4.37. The number of halogens is 2. The SMILES string of the molecule is CC[C@@H]1[C@@H]2CN(C(=O)[C@H](C3CCCCC3)NC(=O)O[C@@H]3C[C@H]3CCCCCc3nc4ccc(OC)cc4nc3O2)[C@@H]1C(=O)N[C@]1(C(=O)NS(=O)(=O)C2(C)CC2)CC1C(F)F. The molecule has 60 heavy (non-hydrogen) atoms. The van der Waals surface area contributed by atoms with Crippen LogP contribution >= 0.6 is 0 Å². The molecule has 18 heteroatoms. The fourth-order valence-electron chi connectivity index (χ4n) is 9.63. The van der Waals surface area contributed by atoms with Gasteiger partial charge in [0.2, 0.25) is 34.1 Å². The fourth-order valence-corrected chi connectivity index (χ4v) is 10.9. The van der Waals surface area contributed by atoms with Crippen LogP contribution in [0.4, 0.5) is 13.6 Å². The second kappa shape index (κ2) is 16.5. The van der Waals surface area contributed by atoms with Crippen molar-refractivity contribution < 1.29 is 50.6 Å². The molecule has 3 heterocycles. The normalized spacial score (nSPS) is 32.0. The number of hydrogen-bond donors (Lipinski definition) is 3. The molecule has 1 saturated heterocycles. The minimum absolute atomic E-state index is 0.137. The smallest absolute Gasteiger partial charge is 0.408 e. The van der Waals surface area contributed by atoms with Crippen LogP contribution < -0.4 is 24.8 Å². The Kier molecular flexibility index (Phi) is 11.6. The first-order valence-electron chi connectivity index (χ1n) is 21.6. The predicted octanol–water partition coefficient (Wildman–Crippen LogP) is 4.94. The number of nitrogens with one attached hydrogen (secondary N) is 3. The van der Waals surface area contributed by atoms with E-state index >= 15 is 4.79 Å². The van der Waals surface area contributed by atoms with Crippen LogP contribution in [-0.2, 0) is 35.6 Å². The molecule has 4 saturated carbocycles. The molecule has 6 aliphatic rings. The van der Waals surface area contributed by atoms with Gasteiger partial charge in [0.15, 0.2) is 0 Å². The third kappa shape index (κ3) is 8.33. The van der Waals surface area contributed by atoms with Crippen LogP contribution in [0.2, 0.25) is 0 Å². The van der Waals surface area contributed by atoms with Crippen molar-refractivity contribution in [1.29, 1.82) is 0 Å². The van der Waals surface area contributed by atoms with E-state index in [-0.39, 0.29) is 36.8 Å². The molecule has 1 unspecified atom stereocenters. The number of alkyl halides is 2. The third-order valence-electron chi connectivity index (χ3n) is 14.0. The fraction of sp³-hybridized carbons (Fsp3) is 0.714. The first kappa shape index (κ1) is 42.3. The molecule has 1 aromatic heterocycles. The number of nitrogens with zero attached hydrogens (tertiary/aromatic N) is 3. The van der Waals surface area contributed by atoms with Gasteiger partial charge < -0.3 is 29.7 Å². The predicted molar refractivity (Wildman–Crippen MR) is 214 cm³/mol. The minimum atomic E-state index is -4.24. The average Bonchev–Trinajstić information content (AvgIpc) is 4.18. The van der Waals surface area contributed by atoms with Gasteiger partial charge in [0.05, 0.1) is 35.4 Å². The van der Waals surface area contributed by atoms with Crippen LogP contribution in [0.15, 0.2) is 18.2 Å². The summed E-state index contributed by atoms with van der Waals surface area (Å²) in [7, 11) is -2.69. The standard InChI is InChI=1S/C42H56F2N6O9S/c1-4-26-32-22-50(34(26)36(51)48-42(21-27(42)35(43)44)39(53)49-60(55,56)41(2)17-18-41)38(52)33(23-11-7-5-8-12-23)47-40(54)59-31-19-24(31)13-9-6-10-14-29-37(58-32)46-30-20-25(57-3)15-16-28(30)45-29/h15-16,20,23-24,26-27,31-35H,4-14,17-19,21-22H2,1-3H3,(H,47,54)(H,48,51)(H,49,53)/t24-,26-,27?,31-,32+,33+,34+,42-/m1/s1. The highest BCUT2D eigenvalue weighted by molar-refractivity contribution is 7.91. The summed E-state index contributed by atoms with van der Waals surface area (Å²) < 4.78 is 73.9. The molecule has 4 aliphatic carbocycles. The van der Waals surface area contributed by atoms with Crippen LogP contribution in [0, 0.1) is 23.7 Å². The largest absolute Gasteiger partial charge is 0.497 e. The van der Waals surface area contributed by atoms with Gasteiger partial charge in [-0.3, -0.25) is 19.1 Å². The van der Waals surface area contributed by atoms with E-state index in [0.29, 0.717) is 54.6 Å². The molecule has 328 valence electrons. The molecule has 2 bridgehead atoms. The molecule has 0 spiro atoms. The van der Waals surface area contributed by atoms with Crippen molar-refractivity contribution in [3.8, 4) is 11.6 Å². The number of ether oxygens (including phenoxy) is 3. The third-order valence-corrected chi connectivity index (χ3v) is 16.1. The number of methoxy groups -OCH3 is 1. The van der Waals surface area contributed by atoms with Crippen molar-refractivity contribution in [2.24, 2.45) is 23.7 Å². The first-order chi connectivity index (χ1) is 28.7. The summed E-state index contributed by atoms with van der Waals surface area (Å²) in [6, 6.07) is 2.93. The van der Waals surface area contributed by atoms with Crippen LogP contribution in [0.5, 0.6) is 11.6 Å². The molecular weight excluding hydrogens is 803 g/mol. The van der Waals surface area contributed by atoms with Gasteiger partial charge in [-0.15, -0.1) is 0 Å². The minimum Gasteiger partial charge on any atom is -0.497 e. The lowest BCUT2D eigenvalue weighted by molar-refractivity contribution is -0.143. The van der Waals surface area contributed by atoms with E-state index < -0.39 is 87.0 Å². The molecule has 2 aromatic rings. The summed E-state index contributed by atoms with van der Waals surface area (Å²) in [5.41, 5.74) is -0.480. The van der Waals surface area contributed by atoms with Crippen molar-refractivity contribution >= 4 is 44.9 Å². The lowest BCUT2D eigenvalue weighted by atomic mass is 9.83. The maximum atomic E-state index is 15.1. The van der Waals surface area contributed by atoms with Crippen LogP contribution in [0.1, 0.15) is 109 Å². The zero-order valence-electron chi connectivity index (χ0n) is 34.4. The first-order valence-corrected chi connectivity index (χ1v) is 23.1. The summed E-state index contributed by atoms with van der Waals surface area (Å²) >= 11 is 0. The molecular formula is C42H56F2N6O9S. The summed E-state index contributed by atoms with van der Waals surface area (Å²) in [6.45, 7) is 3.14. The van der Waals surface area contributed by atoms with Gasteiger partial charge >= 0.3 is 6.09 Å². The highest BCUT2D eigenvalue weighted by Crippen LogP contribution is 2.50. The number of aryl methyl sites for hydroxylation is 1. The van der Waals surface area contributed by atoms with Gasteiger partial charge in [-0.25, -0.2) is 32.0 Å². The number of amides is 4. The number of carbonyl (C=O) groups excluding carboxylic acids is 4. The number of aromatic nitrogens is 2. The van der Waals surface area contributed by atoms with E-state index in [4.69, 9.17) is 24.2 Å². The van der Waals surface area contributed by atoms with Crippen molar-refractivity contribution in [3.63, 3.8) is 0 Å². The van der Waals surface area contributed by atoms with Crippen molar-refractivity contribution in [2.75, 3.05) is 13.7 Å². The van der Waals surface area contributed by atoms with Gasteiger partial charge in [-0.2, -0.15) is 0 Å². The Bertz CT molecular complexity index is 2120. The number of benzene rings is 1. The molecule has 0 radical (unpaired) electrons. The number of fused-ring (bicyclic) bond motifs is 5. The monoisotopic (exact) mass is 858 g/mol. The molecule has 15 nitrogen and oxygen atoms in total. The number of carbonyl (C=O) groups is 4. The molecule has 5 fully saturated rings. The average molecular weight is 859 g/mol. The van der Waals surface area contributed by atoms with E-state index in [1.807, 2.05) is 17.7 Å². The Morgan fingerprint density at radius 2 is 1.72 bits per heavy atom. The van der Waals surface area contributed by atoms with E-state index in [2.05, 4.69) is 10.6 Å². The van der Waals surface area contributed by atoms with Crippen LogP contribution in [0.25, 0.3) is 11.0 Å². The van der Waals surface area contributed by atoms with Crippen molar-refractivity contribution in [2.45, 2.75) is 151 Å². The van der Waals surface area contributed by atoms with Gasteiger partial charge in [0, 0.05) is 12.0 Å². The summed E-state index contributed by atoms with van der Waals surface area (Å²) in [6.07, 6.45) is 4.19. The Morgan fingerprint density at radius 1 is 1.00 bits per heavy atom. The zero-order chi connectivity index (χ0) is 42.6. The maximum absolute atomic E-state index is 15.1. The van der Waals surface area contributed by atoms with Crippen molar-refractivity contribution in [1.82, 2.24) is 30.2 Å². The summed E-state index contributed by atoms with van der Waals surface area (Å²) in [5, 5.41) is 5.43. The molecule has 4 amide bonds. The topological polar surface area (TPSA) is 195 Å². The quantitative estimate of drug-likeness (QED) is 0.309. The Balaban J connectivity index is 1.17. The number of hydrogen-bond acceptors (Lipinski definition) is 11. The van der Waals surface area contributed by atoms with E-state index in [9.17, 15) is 31.6 Å². The molecule has 1 aromatic carbocycles. The zero-order valence-corrected chi connectivity index (χ0v) is 35.2. The van der Waals surface area contributed by atoms with Gasteiger partial charge in [0.25, 0.3) is 5.91 Å². The maximum Gasteiger partial charge on any atom is 0.408 e. The van der Waals surface area contributed by atoms with Crippen molar-refractivity contribution in [3.05, 3.63) is 23.9 Å². The molecule has 8 rings (SSSR count). The van der Waals surface area contributed by atoms with E-state index in [1.54, 1.807) is 19.2 Å². The highest BCUT2D eigenvalue weighted by Gasteiger charge is 2.68. The Morgan fingerprint density at radius 3 is 2.38 bits per heavy atom. The molecule has 8 atom stereocenters. The lowest BCUT2D eigenvalue weighted by Gasteiger charge is -2.35.